The summed E-state index contributed by atoms with van der Waals surface area (Å²) >= 11 is 0. The Hall–Kier alpha value is -2.19. The van der Waals surface area contributed by atoms with Crippen LogP contribution in [0.15, 0.2) is 39.8 Å². The molecule has 2 aromatic rings. The first-order chi connectivity index (χ1) is 14.4. The lowest BCUT2D eigenvalue weighted by Crippen LogP contribution is -2.46. The average Bonchev–Trinajstić information content (AvgIpc) is 3.34. The summed E-state index contributed by atoms with van der Waals surface area (Å²) in [4.78, 5) is 15.4. The molecule has 162 valence electrons. The van der Waals surface area contributed by atoms with Crippen LogP contribution in [0.25, 0.3) is 0 Å². The zero-order valence-electron chi connectivity index (χ0n) is 17.6. The van der Waals surface area contributed by atoms with Crippen molar-refractivity contribution in [1.82, 2.24) is 14.4 Å². The molecule has 2 saturated heterocycles. The Morgan fingerprint density at radius 1 is 1.10 bits per heavy atom. The van der Waals surface area contributed by atoms with Gasteiger partial charge in [0.1, 0.15) is 10.6 Å². The maximum atomic E-state index is 13.2. The predicted octanol–water partition coefficient (Wildman–Crippen LogP) is 2.93. The number of sulfonamides is 1. The highest BCUT2D eigenvalue weighted by Gasteiger charge is 2.38. The number of carbonyl (C=O) groups is 1. The second kappa shape index (κ2) is 8.51. The summed E-state index contributed by atoms with van der Waals surface area (Å²) in [5.41, 5.74) is 1.63. The van der Waals surface area contributed by atoms with Gasteiger partial charge in [-0.05, 0) is 51.5 Å². The van der Waals surface area contributed by atoms with Gasteiger partial charge in [0.25, 0.3) is 0 Å². The number of likely N-dealkylation sites (tertiary alicyclic amines) is 1. The molecule has 2 fully saturated rings. The van der Waals surface area contributed by atoms with Crippen LogP contribution in [-0.2, 0) is 21.2 Å². The molecule has 2 aliphatic heterocycles. The van der Waals surface area contributed by atoms with Gasteiger partial charge in [-0.25, -0.2) is 8.42 Å². The molecule has 0 N–H and O–H groups in total. The number of hydrogen-bond donors (Lipinski definition) is 0. The Bertz CT molecular complexity index is 975. The molecule has 30 heavy (non-hydrogen) atoms. The molecule has 0 saturated carbocycles. The van der Waals surface area contributed by atoms with E-state index in [2.05, 4.69) is 17.3 Å². The zero-order valence-corrected chi connectivity index (χ0v) is 18.4. The molecular formula is C22H29N3O4S. The van der Waals surface area contributed by atoms with Crippen molar-refractivity contribution in [1.29, 1.82) is 0 Å². The monoisotopic (exact) mass is 431 g/mol. The highest BCUT2D eigenvalue weighted by molar-refractivity contribution is 7.89. The van der Waals surface area contributed by atoms with Gasteiger partial charge < -0.3 is 9.42 Å². The van der Waals surface area contributed by atoms with E-state index < -0.39 is 10.0 Å². The molecule has 1 aromatic carbocycles. The Kier molecular flexibility index (Phi) is 5.97. The molecule has 2 aliphatic rings. The van der Waals surface area contributed by atoms with Crippen LogP contribution in [0, 0.1) is 19.8 Å². The SMILES string of the molecule is Cc1noc(C)c1S(=O)(=O)N1CCC(C(=O)N2CCCC2Cc2ccccc2)CC1. The molecule has 0 aliphatic carbocycles. The van der Waals surface area contributed by atoms with E-state index in [0.717, 1.165) is 25.8 Å². The molecule has 1 aromatic heterocycles. The van der Waals surface area contributed by atoms with Crippen LogP contribution in [-0.4, -0.2) is 54.4 Å². The van der Waals surface area contributed by atoms with Crippen LogP contribution in [0.2, 0.25) is 0 Å². The lowest BCUT2D eigenvalue weighted by Gasteiger charge is -2.34. The van der Waals surface area contributed by atoms with Gasteiger partial charge in [-0.1, -0.05) is 35.5 Å². The van der Waals surface area contributed by atoms with E-state index in [1.807, 2.05) is 23.1 Å². The van der Waals surface area contributed by atoms with Gasteiger partial charge in [-0.15, -0.1) is 0 Å². The highest BCUT2D eigenvalue weighted by Crippen LogP contribution is 2.30. The Morgan fingerprint density at radius 3 is 2.43 bits per heavy atom. The topological polar surface area (TPSA) is 83.7 Å². The maximum Gasteiger partial charge on any atom is 0.248 e. The minimum atomic E-state index is -3.65. The number of carbonyl (C=O) groups excluding carboxylic acids is 1. The summed E-state index contributed by atoms with van der Waals surface area (Å²) in [5, 5.41) is 3.77. The molecule has 0 bridgehead atoms. The molecule has 0 spiro atoms. The fraction of sp³-hybridized carbons (Fsp3) is 0.545. The van der Waals surface area contributed by atoms with Gasteiger partial charge in [0, 0.05) is 31.6 Å². The second-order valence-electron chi connectivity index (χ2n) is 8.35. The molecule has 7 nitrogen and oxygen atoms in total. The van der Waals surface area contributed by atoms with Crippen molar-refractivity contribution < 1.29 is 17.7 Å². The number of piperidine rings is 1. The lowest BCUT2D eigenvalue weighted by molar-refractivity contribution is -0.137. The first-order valence-electron chi connectivity index (χ1n) is 10.7. The van der Waals surface area contributed by atoms with Crippen LogP contribution >= 0.6 is 0 Å². The summed E-state index contributed by atoms with van der Waals surface area (Å²) in [6.45, 7) is 4.75. The molecule has 1 atom stereocenters. The first kappa shape index (κ1) is 21.1. The van der Waals surface area contributed by atoms with Gasteiger partial charge in [-0.2, -0.15) is 4.31 Å². The van der Waals surface area contributed by atoms with E-state index in [0.29, 0.717) is 37.4 Å². The smallest absolute Gasteiger partial charge is 0.248 e. The fourth-order valence-corrected chi connectivity index (χ4v) is 6.53. The molecule has 1 unspecified atom stereocenters. The van der Waals surface area contributed by atoms with E-state index in [9.17, 15) is 13.2 Å². The van der Waals surface area contributed by atoms with Crippen LogP contribution in [0.4, 0.5) is 0 Å². The van der Waals surface area contributed by atoms with E-state index in [1.54, 1.807) is 13.8 Å². The van der Waals surface area contributed by atoms with E-state index in [1.165, 1.54) is 9.87 Å². The summed E-state index contributed by atoms with van der Waals surface area (Å²) in [6, 6.07) is 10.5. The lowest BCUT2D eigenvalue weighted by atomic mass is 9.95. The summed E-state index contributed by atoms with van der Waals surface area (Å²) in [5.74, 6) is 0.381. The van der Waals surface area contributed by atoms with Gasteiger partial charge in [0.05, 0.1) is 0 Å². The van der Waals surface area contributed by atoms with Crippen molar-refractivity contribution in [3.05, 3.63) is 47.3 Å². The fourth-order valence-electron chi connectivity index (χ4n) is 4.77. The molecule has 0 radical (unpaired) electrons. The predicted molar refractivity (Wildman–Crippen MR) is 112 cm³/mol. The number of aryl methyl sites for hydroxylation is 2. The van der Waals surface area contributed by atoms with Crippen molar-refractivity contribution in [2.24, 2.45) is 5.92 Å². The number of benzene rings is 1. The van der Waals surface area contributed by atoms with Crippen molar-refractivity contribution in [3.8, 4) is 0 Å². The maximum absolute atomic E-state index is 13.2. The third-order valence-electron chi connectivity index (χ3n) is 6.34. The summed E-state index contributed by atoms with van der Waals surface area (Å²) < 4.78 is 32.5. The molecule has 1 amide bonds. The number of aromatic nitrogens is 1. The standard InChI is InChI=1S/C22H29N3O4S/c1-16-21(17(2)29-23-16)30(27,28)24-13-10-19(11-14-24)22(26)25-12-6-9-20(25)15-18-7-4-3-5-8-18/h3-5,7-8,19-20H,6,9-15H2,1-2H3. The van der Waals surface area contributed by atoms with Crippen LogP contribution in [0.3, 0.4) is 0 Å². The van der Waals surface area contributed by atoms with Gasteiger partial charge in [0.15, 0.2) is 5.76 Å². The minimum absolute atomic E-state index is 0.113. The average molecular weight is 432 g/mol. The van der Waals surface area contributed by atoms with Crippen LogP contribution in [0.5, 0.6) is 0 Å². The Labute approximate surface area is 178 Å². The number of amides is 1. The van der Waals surface area contributed by atoms with Gasteiger partial charge in [-0.3, -0.25) is 4.79 Å². The molecule has 8 heteroatoms. The number of hydrogen-bond acceptors (Lipinski definition) is 5. The van der Waals surface area contributed by atoms with Gasteiger partial charge >= 0.3 is 0 Å². The van der Waals surface area contributed by atoms with E-state index >= 15 is 0 Å². The third-order valence-corrected chi connectivity index (χ3v) is 8.49. The number of rotatable bonds is 5. The first-order valence-corrected chi connectivity index (χ1v) is 12.1. The highest BCUT2D eigenvalue weighted by atomic mass is 32.2. The second-order valence-corrected chi connectivity index (χ2v) is 10.2. The third kappa shape index (κ3) is 4.03. The summed E-state index contributed by atoms with van der Waals surface area (Å²) in [7, 11) is -3.65. The largest absolute Gasteiger partial charge is 0.360 e. The van der Waals surface area contributed by atoms with Crippen LogP contribution < -0.4 is 0 Å². The van der Waals surface area contributed by atoms with Crippen molar-refractivity contribution in [3.63, 3.8) is 0 Å². The molecular weight excluding hydrogens is 402 g/mol. The van der Waals surface area contributed by atoms with E-state index in [4.69, 9.17) is 4.52 Å². The molecule has 4 rings (SSSR count). The quantitative estimate of drug-likeness (QED) is 0.727. The zero-order chi connectivity index (χ0) is 21.3. The molecule has 3 heterocycles. The van der Waals surface area contributed by atoms with Crippen LogP contribution in [0.1, 0.15) is 42.7 Å². The van der Waals surface area contributed by atoms with E-state index in [-0.39, 0.29) is 22.8 Å². The Morgan fingerprint density at radius 2 is 1.80 bits per heavy atom. The number of nitrogens with zero attached hydrogens (tertiary/aromatic N) is 3. The minimum Gasteiger partial charge on any atom is -0.360 e. The Balaban J connectivity index is 1.39. The normalized spacial score (nSPS) is 21.3. The summed E-state index contributed by atoms with van der Waals surface area (Å²) in [6.07, 6.45) is 4.04. The van der Waals surface area contributed by atoms with Crippen molar-refractivity contribution >= 4 is 15.9 Å². The van der Waals surface area contributed by atoms with Crippen molar-refractivity contribution in [2.45, 2.75) is 56.9 Å². The van der Waals surface area contributed by atoms with Crippen molar-refractivity contribution in [2.75, 3.05) is 19.6 Å². The van der Waals surface area contributed by atoms with Gasteiger partial charge in [0.2, 0.25) is 15.9 Å².